The Hall–Kier alpha value is -3.18. The molecule has 0 aliphatic carbocycles. The topological polar surface area (TPSA) is 240 Å². The number of carboxylic acid groups (broad SMARTS) is 1. The van der Waals surface area contributed by atoms with Crippen LogP contribution in [-0.2, 0) is 9.59 Å². The van der Waals surface area contributed by atoms with Crippen molar-refractivity contribution < 1.29 is 19.5 Å². The van der Waals surface area contributed by atoms with E-state index in [4.69, 9.17) is 36.7 Å². The van der Waals surface area contributed by atoms with E-state index in [0.717, 1.165) is 0 Å². The first-order valence-electron chi connectivity index (χ1n) is 3.94. The van der Waals surface area contributed by atoms with Crippen molar-refractivity contribution in [2.75, 3.05) is 17.2 Å². The van der Waals surface area contributed by atoms with E-state index in [1.165, 1.54) is 0 Å². The summed E-state index contributed by atoms with van der Waals surface area (Å²) in [7, 11) is 0. The molecule has 18 heavy (non-hydrogen) atoms. The molecular formula is C6H12N8O4. The molecule has 0 aliphatic rings. The molecule has 0 atom stereocenters. The molecule has 0 saturated carbocycles. The number of anilines is 3. The monoisotopic (exact) mass is 260 g/mol. The maximum atomic E-state index is 9.00. The van der Waals surface area contributed by atoms with Crippen LogP contribution in [-0.4, -0.2) is 38.3 Å². The number of amides is 2. The summed E-state index contributed by atoms with van der Waals surface area (Å²) in [6.07, 6.45) is -0.167. The highest BCUT2D eigenvalue weighted by molar-refractivity contribution is 6.19. The van der Waals surface area contributed by atoms with Gasteiger partial charge in [0.15, 0.2) is 0 Å². The van der Waals surface area contributed by atoms with Crippen molar-refractivity contribution in [3.05, 3.63) is 0 Å². The number of nitrogens with zero attached hydrogens (tertiary/aromatic N) is 3. The lowest BCUT2D eigenvalue weighted by molar-refractivity contribution is -0.143. The molecule has 2 amide bonds. The van der Waals surface area contributed by atoms with Gasteiger partial charge in [-0.05, 0) is 0 Å². The van der Waals surface area contributed by atoms with Gasteiger partial charge in [0.1, 0.15) is 0 Å². The molecule has 12 heteroatoms. The maximum absolute atomic E-state index is 9.00. The zero-order valence-electron chi connectivity index (χ0n) is 8.98. The Morgan fingerprint density at radius 2 is 1.11 bits per heavy atom. The highest BCUT2D eigenvalue weighted by Gasteiger charge is 1.93. The van der Waals surface area contributed by atoms with Crippen LogP contribution in [0.5, 0.6) is 0 Å². The van der Waals surface area contributed by atoms with Gasteiger partial charge in [-0.15, -0.1) is 0 Å². The molecule has 0 bridgehead atoms. The van der Waals surface area contributed by atoms with E-state index >= 15 is 0 Å². The van der Waals surface area contributed by atoms with Crippen LogP contribution >= 0.6 is 0 Å². The van der Waals surface area contributed by atoms with Crippen LogP contribution in [0.4, 0.5) is 22.6 Å². The van der Waals surface area contributed by atoms with Gasteiger partial charge < -0.3 is 33.8 Å². The van der Waals surface area contributed by atoms with Gasteiger partial charge in [-0.1, -0.05) is 0 Å². The van der Waals surface area contributed by atoms with E-state index < -0.39 is 12.0 Å². The number of aromatic nitrogens is 3. The average Bonchev–Trinajstić information content (AvgIpc) is 2.15. The Morgan fingerprint density at radius 1 is 0.944 bits per heavy atom. The molecule has 100 valence electrons. The van der Waals surface area contributed by atoms with E-state index in [9.17, 15) is 0 Å². The first-order chi connectivity index (χ1) is 8.18. The number of primary amides is 2. The Kier molecular flexibility index (Phi) is 8.68. The van der Waals surface area contributed by atoms with E-state index in [-0.39, 0.29) is 24.1 Å². The second-order valence-corrected chi connectivity index (χ2v) is 2.27. The number of carboxylic acids is 1. The molecule has 0 fully saturated rings. The van der Waals surface area contributed by atoms with Gasteiger partial charge in [-0.2, -0.15) is 15.0 Å². The van der Waals surface area contributed by atoms with Gasteiger partial charge in [0.05, 0.1) is 0 Å². The number of hydrogen-bond donors (Lipinski definition) is 6. The molecular weight excluding hydrogens is 248 g/mol. The second kappa shape index (κ2) is 9.08. The van der Waals surface area contributed by atoms with Gasteiger partial charge in [-0.25, -0.2) is 9.59 Å². The SMILES string of the molecule is NC(N)=O.Nc1nc(N)nc(N)n1.O=CC(=O)O. The number of carbonyl (C=O) groups excluding carboxylic acids is 2. The lowest BCUT2D eigenvalue weighted by Gasteiger charge is -1.93. The van der Waals surface area contributed by atoms with Gasteiger partial charge in [0.25, 0.3) is 0 Å². The van der Waals surface area contributed by atoms with Crippen molar-refractivity contribution in [2.45, 2.75) is 0 Å². The Balaban J connectivity index is 0. The zero-order valence-corrected chi connectivity index (χ0v) is 8.98. The van der Waals surface area contributed by atoms with Crippen LogP contribution in [0.3, 0.4) is 0 Å². The average molecular weight is 260 g/mol. The fourth-order valence-electron chi connectivity index (χ4n) is 0.427. The molecule has 12 nitrogen and oxygen atoms in total. The first kappa shape index (κ1) is 17.2. The molecule has 0 unspecified atom stereocenters. The first-order valence-corrected chi connectivity index (χ1v) is 3.94. The minimum Gasteiger partial charge on any atom is -0.476 e. The lowest BCUT2D eigenvalue weighted by atomic mass is 10.8. The number of nitrogens with two attached hydrogens (primary N) is 5. The van der Waals surface area contributed by atoms with Gasteiger partial charge in [0.2, 0.25) is 24.1 Å². The molecule has 1 heterocycles. The molecule has 0 aromatic carbocycles. The summed E-state index contributed by atoms with van der Waals surface area (Å²) in [5.41, 5.74) is 23.9. The quantitative estimate of drug-likeness (QED) is 0.219. The fourth-order valence-corrected chi connectivity index (χ4v) is 0.427. The van der Waals surface area contributed by atoms with Crippen molar-refractivity contribution >= 4 is 36.1 Å². The Morgan fingerprint density at radius 3 is 1.22 bits per heavy atom. The predicted octanol–water partition coefficient (Wildman–Crippen LogP) is -3.09. The summed E-state index contributed by atoms with van der Waals surface area (Å²) >= 11 is 0. The third-order valence-corrected chi connectivity index (χ3v) is 0.788. The third kappa shape index (κ3) is 15.3. The van der Waals surface area contributed by atoms with Gasteiger partial charge >= 0.3 is 12.0 Å². The van der Waals surface area contributed by atoms with Crippen LogP contribution in [0, 0.1) is 0 Å². The summed E-state index contributed by atoms with van der Waals surface area (Å²) in [6, 6.07) is -0.833. The fraction of sp³-hybridized carbons (Fsp3) is 0. The molecule has 1 aromatic rings. The molecule has 0 spiro atoms. The summed E-state index contributed by atoms with van der Waals surface area (Å²) in [5.74, 6) is -1.30. The van der Waals surface area contributed by atoms with Crippen LogP contribution in [0.2, 0.25) is 0 Å². The molecule has 0 aliphatic heterocycles. The second-order valence-electron chi connectivity index (χ2n) is 2.27. The molecule has 0 saturated heterocycles. The van der Waals surface area contributed by atoms with Crippen molar-refractivity contribution in [1.82, 2.24) is 15.0 Å². The molecule has 0 radical (unpaired) electrons. The highest BCUT2D eigenvalue weighted by Crippen LogP contribution is 1.97. The third-order valence-electron chi connectivity index (χ3n) is 0.788. The number of urea groups is 1. The van der Waals surface area contributed by atoms with Crippen molar-refractivity contribution in [3.8, 4) is 0 Å². The number of hydrogen-bond acceptors (Lipinski definition) is 9. The standard InChI is InChI=1S/C3H6N6.C2H2O3.CH4N2O/c4-1-7-2(5)9-3(6)8-1;3-1-2(4)5;2-1(3)4/h(H6,4,5,6,7,8,9);1H,(H,4,5);(H4,2,3,4). The minimum atomic E-state index is -1.43. The summed E-state index contributed by atoms with van der Waals surface area (Å²) in [5, 5.41) is 7.35. The lowest BCUT2D eigenvalue weighted by Crippen LogP contribution is -2.18. The van der Waals surface area contributed by atoms with Crippen LogP contribution in [0.25, 0.3) is 0 Å². The number of aldehydes is 1. The molecule has 1 aromatic heterocycles. The van der Waals surface area contributed by atoms with E-state index in [1.54, 1.807) is 0 Å². The Bertz CT molecular complexity index is 368. The summed E-state index contributed by atoms with van der Waals surface area (Å²) in [4.78, 5) is 37.4. The summed E-state index contributed by atoms with van der Waals surface area (Å²) in [6.45, 7) is 0. The Labute approximate surface area is 100 Å². The van der Waals surface area contributed by atoms with Crippen molar-refractivity contribution in [2.24, 2.45) is 11.5 Å². The molecule has 1 rings (SSSR count). The van der Waals surface area contributed by atoms with Crippen molar-refractivity contribution in [3.63, 3.8) is 0 Å². The molecule has 11 N–H and O–H groups in total. The maximum Gasteiger partial charge on any atom is 0.368 e. The number of aliphatic carboxylic acids is 1. The number of rotatable bonds is 1. The smallest absolute Gasteiger partial charge is 0.368 e. The number of nitrogen functional groups attached to an aromatic ring is 3. The van der Waals surface area contributed by atoms with E-state index in [1.807, 2.05) is 0 Å². The predicted molar refractivity (Wildman–Crippen MR) is 60.5 cm³/mol. The minimum absolute atomic E-state index is 0.0417. The normalized spacial score (nSPS) is 7.78. The van der Waals surface area contributed by atoms with E-state index in [2.05, 4.69) is 26.4 Å². The van der Waals surface area contributed by atoms with E-state index in [0.29, 0.717) is 0 Å². The van der Waals surface area contributed by atoms with Gasteiger partial charge in [0, 0.05) is 0 Å². The van der Waals surface area contributed by atoms with Crippen LogP contribution in [0.15, 0.2) is 0 Å². The van der Waals surface area contributed by atoms with Crippen molar-refractivity contribution in [1.29, 1.82) is 0 Å². The number of carbonyl (C=O) groups is 3. The highest BCUT2D eigenvalue weighted by atomic mass is 16.4. The van der Waals surface area contributed by atoms with Crippen LogP contribution < -0.4 is 28.7 Å². The zero-order chi connectivity index (χ0) is 14.7. The summed E-state index contributed by atoms with van der Waals surface area (Å²) < 4.78 is 0. The van der Waals surface area contributed by atoms with Crippen LogP contribution in [0.1, 0.15) is 0 Å². The largest absolute Gasteiger partial charge is 0.476 e. The van der Waals surface area contributed by atoms with Gasteiger partial charge in [-0.3, -0.25) is 4.79 Å².